The summed E-state index contributed by atoms with van der Waals surface area (Å²) >= 11 is 0. The third-order valence-electron chi connectivity index (χ3n) is 2.98. The van der Waals surface area contributed by atoms with Gasteiger partial charge in [-0.05, 0) is 46.5 Å². The van der Waals surface area contributed by atoms with Gasteiger partial charge in [0.25, 0.3) is 0 Å². The van der Waals surface area contributed by atoms with Crippen LogP contribution in [0.3, 0.4) is 0 Å². The molecule has 1 unspecified atom stereocenters. The first kappa shape index (κ1) is 13.2. The molecule has 14 heavy (non-hydrogen) atoms. The lowest BCUT2D eigenvalue weighted by molar-refractivity contribution is 0.661. The van der Waals surface area contributed by atoms with E-state index in [4.69, 9.17) is 0 Å². The van der Waals surface area contributed by atoms with E-state index in [1.807, 2.05) is 6.08 Å². The normalized spacial score (nSPS) is 16.2. The van der Waals surface area contributed by atoms with Crippen LogP contribution in [0.1, 0.15) is 47.5 Å². The average Bonchev–Trinajstić information content (AvgIpc) is 2.16. The summed E-state index contributed by atoms with van der Waals surface area (Å²) in [6, 6.07) is 0. The van der Waals surface area contributed by atoms with Crippen LogP contribution in [0, 0.1) is 5.92 Å². The molecular weight excluding hydrogens is 168 g/mol. The number of allylic oxidation sites excluding steroid dienone is 5. The molecule has 0 saturated carbocycles. The zero-order chi connectivity index (χ0) is 11.1. The highest BCUT2D eigenvalue weighted by atomic mass is 14.1. The van der Waals surface area contributed by atoms with Crippen molar-refractivity contribution in [3.05, 3.63) is 35.5 Å². The fourth-order valence-corrected chi connectivity index (χ4v) is 1.55. The van der Waals surface area contributed by atoms with Crippen molar-refractivity contribution in [2.24, 2.45) is 5.92 Å². The number of hydrogen-bond acceptors (Lipinski definition) is 0. The van der Waals surface area contributed by atoms with E-state index in [-0.39, 0.29) is 0 Å². The van der Waals surface area contributed by atoms with Crippen LogP contribution < -0.4 is 0 Å². The van der Waals surface area contributed by atoms with Gasteiger partial charge in [-0.15, -0.1) is 6.58 Å². The molecule has 0 N–H and O–H groups in total. The second kappa shape index (κ2) is 6.64. The van der Waals surface area contributed by atoms with Gasteiger partial charge in [-0.3, -0.25) is 0 Å². The van der Waals surface area contributed by atoms with Gasteiger partial charge in [0, 0.05) is 0 Å². The molecule has 0 spiro atoms. The van der Waals surface area contributed by atoms with E-state index in [1.54, 1.807) is 0 Å². The molecule has 0 radical (unpaired) electrons. The fourth-order valence-electron chi connectivity index (χ4n) is 1.55. The van der Waals surface area contributed by atoms with Crippen LogP contribution in [-0.2, 0) is 0 Å². The minimum Gasteiger partial charge on any atom is -0.103 e. The van der Waals surface area contributed by atoms with Crippen molar-refractivity contribution in [3.63, 3.8) is 0 Å². The monoisotopic (exact) mass is 192 g/mol. The SMILES string of the molecule is C=CCC(C)=C(C)C(C)CC(C)=CC. The van der Waals surface area contributed by atoms with E-state index in [9.17, 15) is 0 Å². The summed E-state index contributed by atoms with van der Waals surface area (Å²) in [5.41, 5.74) is 4.46. The predicted molar refractivity (Wildman–Crippen MR) is 66.4 cm³/mol. The third-order valence-corrected chi connectivity index (χ3v) is 2.98. The lowest BCUT2D eigenvalue weighted by Crippen LogP contribution is -1.99. The smallest absolute Gasteiger partial charge is 0.0142 e. The molecule has 0 heterocycles. The summed E-state index contributed by atoms with van der Waals surface area (Å²) in [5, 5.41) is 0. The fraction of sp³-hybridized carbons (Fsp3) is 0.571. The molecule has 0 bridgehead atoms. The molecule has 0 nitrogen and oxygen atoms in total. The summed E-state index contributed by atoms with van der Waals surface area (Å²) in [6.45, 7) is 14.8. The highest BCUT2D eigenvalue weighted by molar-refractivity contribution is 5.16. The van der Waals surface area contributed by atoms with Crippen LogP contribution in [0.2, 0.25) is 0 Å². The summed E-state index contributed by atoms with van der Waals surface area (Å²) in [4.78, 5) is 0. The minimum absolute atomic E-state index is 0.658. The molecule has 80 valence electrons. The lowest BCUT2D eigenvalue weighted by atomic mass is 9.91. The van der Waals surface area contributed by atoms with Gasteiger partial charge < -0.3 is 0 Å². The van der Waals surface area contributed by atoms with Crippen molar-refractivity contribution in [2.75, 3.05) is 0 Å². The minimum atomic E-state index is 0.658. The lowest BCUT2D eigenvalue weighted by Gasteiger charge is -2.15. The molecule has 0 aliphatic rings. The van der Waals surface area contributed by atoms with Crippen LogP contribution in [0.4, 0.5) is 0 Å². The molecule has 0 fully saturated rings. The molecule has 0 aliphatic heterocycles. The van der Waals surface area contributed by atoms with Crippen molar-refractivity contribution in [2.45, 2.75) is 47.5 Å². The molecule has 0 amide bonds. The Hall–Kier alpha value is -0.780. The van der Waals surface area contributed by atoms with Crippen molar-refractivity contribution >= 4 is 0 Å². The van der Waals surface area contributed by atoms with Crippen LogP contribution in [0.15, 0.2) is 35.5 Å². The summed E-state index contributed by atoms with van der Waals surface area (Å²) in [6.07, 6.45) is 6.38. The Kier molecular flexibility index (Phi) is 6.27. The molecule has 0 aromatic heterocycles. The standard InChI is InChI=1S/C14H24/c1-7-9-12(4)14(6)13(5)10-11(3)8-2/h7-8,13H,1,9-10H2,2-6H3. The highest BCUT2D eigenvalue weighted by Gasteiger charge is 2.07. The Morgan fingerprint density at radius 1 is 1.29 bits per heavy atom. The number of rotatable bonds is 5. The first-order valence-corrected chi connectivity index (χ1v) is 5.41. The van der Waals surface area contributed by atoms with E-state index < -0.39 is 0 Å². The highest BCUT2D eigenvalue weighted by Crippen LogP contribution is 2.23. The Morgan fingerprint density at radius 2 is 1.86 bits per heavy atom. The predicted octanol–water partition coefficient (Wildman–Crippen LogP) is 4.89. The van der Waals surface area contributed by atoms with Crippen LogP contribution in [-0.4, -0.2) is 0 Å². The van der Waals surface area contributed by atoms with E-state index >= 15 is 0 Å². The maximum absolute atomic E-state index is 3.77. The largest absolute Gasteiger partial charge is 0.103 e. The molecule has 0 aliphatic carbocycles. The molecule has 0 saturated heterocycles. The van der Waals surface area contributed by atoms with Gasteiger partial charge in [0.1, 0.15) is 0 Å². The van der Waals surface area contributed by atoms with Crippen LogP contribution in [0.25, 0.3) is 0 Å². The van der Waals surface area contributed by atoms with Gasteiger partial charge >= 0.3 is 0 Å². The Balaban J connectivity index is 4.44. The molecular formula is C14H24. The van der Waals surface area contributed by atoms with E-state index in [0.717, 1.165) is 6.42 Å². The quantitative estimate of drug-likeness (QED) is 0.544. The van der Waals surface area contributed by atoms with E-state index in [2.05, 4.69) is 47.3 Å². The Labute approximate surface area is 89.4 Å². The molecule has 0 heteroatoms. The van der Waals surface area contributed by atoms with Crippen molar-refractivity contribution in [1.29, 1.82) is 0 Å². The van der Waals surface area contributed by atoms with Crippen LogP contribution >= 0.6 is 0 Å². The maximum Gasteiger partial charge on any atom is -0.0142 e. The van der Waals surface area contributed by atoms with Crippen molar-refractivity contribution < 1.29 is 0 Å². The van der Waals surface area contributed by atoms with Gasteiger partial charge in [0.05, 0.1) is 0 Å². The van der Waals surface area contributed by atoms with Gasteiger partial charge in [0.15, 0.2) is 0 Å². The summed E-state index contributed by atoms with van der Waals surface area (Å²) in [7, 11) is 0. The van der Waals surface area contributed by atoms with Crippen molar-refractivity contribution in [1.82, 2.24) is 0 Å². The van der Waals surface area contributed by atoms with Gasteiger partial charge in [-0.25, -0.2) is 0 Å². The van der Waals surface area contributed by atoms with Gasteiger partial charge in [-0.2, -0.15) is 0 Å². The maximum atomic E-state index is 3.77. The number of hydrogen-bond donors (Lipinski definition) is 0. The van der Waals surface area contributed by atoms with Gasteiger partial charge in [-0.1, -0.05) is 35.8 Å². The second-order valence-corrected chi connectivity index (χ2v) is 4.20. The van der Waals surface area contributed by atoms with Crippen LogP contribution in [0.5, 0.6) is 0 Å². The Bertz CT molecular complexity index is 241. The molecule has 0 rings (SSSR count). The first-order valence-electron chi connectivity index (χ1n) is 5.41. The summed E-state index contributed by atoms with van der Waals surface area (Å²) < 4.78 is 0. The zero-order valence-corrected chi connectivity index (χ0v) is 10.4. The average molecular weight is 192 g/mol. The van der Waals surface area contributed by atoms with E-state index in [1.165, 1.54) is 23.1 Å². The zero-order valence-electron chi connectivity index (χ0n) is 10.4. The molecule has 0 aromatic carbocycles. The molecule has 1 atom stereocenters. The van der Waals surface area contributed by atoms with E-state index in [0.29, 0.717) is 5.92 Å². The topological polar surface area (TPSA) is 0 Å². The summed E-state index contributed by atoms with van der Waals surface area (Å²) in [5.74, 6) is 0.658. The van der Waals surface area contributed by atoms with Gasteiger partial charge in [0.2, 0.25) is 0 Å². The third kappa shape index (κ3) is 4.45. The Morgan fingerprint density at radius 3 is 2.29 bits per heavy atom. The second-order valence-electron chi connectivity index (χ2n) is 4.20. The molecule has 0 aromatic rings. The van der Waals surface area contributed by atoms with Crippen molar-refractivity contribution in [3.8, 4) is 0 Å². The first-order chi connectivity index (χ1) is 6.52.